The number of nitro benzene ring substituents is 1. The van der Waals surface area contributed by atoms with E-state index in [2.05, 4.69) is 4.90 Å². The van der Waals surface area contributed by atoms with Crippen LogP contribution in [0.1, 0.15) is 27.4 Å². The molecule has 6 rings (SSSR count). The lowest BCUT2D eigenvalue weighted by atomic mass is 10.1. The molecule has 0 saturated carbocycles. The zero-order valence-electron chi connectivity index (χ0n) is 22.6. The number of benzene rings is 3. The standard InChI is InChI=1S/C30H25ClFN7O3/c1-19-27-28(36-13-15-37(16-14-36)30(40)24-12-11-23(39(41)42)18-25(24)31)33-26(17-20-5-3-2-4-6-20)34-29(27)38(35-19)22-9-7-21(32)8-10-22/h2-12,18H,13-17H2,1H3. The van der Waals surface area contributed by atoms with E-state index >= 15 is 0 Å². The number of carbonyl (C=O) groups excluding carboxylic acids is 1. The molecule has 0 aliphatic carbocycles. The van der Waals surface area contributed by atoms with Crippen LogP contribution < -0.4 is 4.90 Å². The fourth-order valence-electron chi connectivity index (χ4n) is 5.14. The van der Waals surface area contributed by atoms with E-state index in [4.69, 9.17) is 26.7 Å². The van der Waals surface area contributed by atoms with E-state index in [0.717, 1.165) is 22.5 Å². The van der Waals surface area contributed by atoms with Crippen molar-refractivity contribution < 1.29 is 14.1 Å². The summed E-state index contributed by atoms with van der Waals surface area (Å²) in [5.74, 6) is 0.710. The number of rotatable bonds is 6. The van der Waals surface area contributed by atoms with E-state index in [1.54, 1.807) is 21.7 Å². The zero-order valence-corrected chi connectivity index (χ0v) is 23.3. The molecule has 0 spiro atoms. The molecule has 0 radical (unpaired) electrons. The van der Waals surface area contributed by atoms with E-state index in [1.165, 1.54) is 30.3 Å². The molecular weight excluding hydrogens is 561 g/mol. The lowest BCUT2D eigenvalue weighted by Gasteiger charge is -2.36. The molecule has 3 aromatic carbocycles. The van der Waals surface area contributed by atoms with Crippen molar-refractivity contribution >= 4 is 40.0 Å². The topological polar surface area (TPSA) is 110 Å². The van der Waals surface area contributed by atoms with Crippen LogP contribution in [0.25, 0.3) is 16.7 Å². The van der Waals surface area contributed by atoms with Gasteiger partial charge >= 0.3 is 0 Å². The predicted molar refractivity (Wildman–Crippen MR) is 157 cm³/mol. The highest BCUT2D eigenvalue weighted by atomic mass is 35.5. The zero-order chi connectivity index (χ0) is 29.4. The van der Waals surface area contributed by atoms with Crippen LogP contribution in [0.15, 0.2) is 72.8 Å². The monoisotopic (exact) mass is 585 g/mol. The number of non-ortho nitro benzene ring substituents is 1. The molecule has 1 aliphatic rings. The Morgan fingerprint density at radius 3 is 2.38 bits per heavy atom. The van der Waals surface area contributed by atoms with E-state index in [0.29, 0.717) is 49.8 Å². The third kappa shape index (κ3) is 5.26. The molecule has 5 aromatic rings. The Bertz CT molecular complexity index is 1800. The Morgan fingerprint density at radius 2 is 1.71 bits per heavy atom. The van der Waals surface area contributed by atoms with Crippen LogP contribution in [0, 0.1) is 22.9 Å². The number of aryl methyl sites for hydroxylation is 1. The maximum absolute atomic E-state index is 13.7. The molecular formula is C30H25ClFN7O3. The normalized spacial score (nSPS) is 13.5. The summed E-state index contributed by atoms with van der Waals surface area (Å²) in [5.41, 5.74) is 3.14. The summed E-state index contributed by atoms with van der Waals surface area (Å²) in [6.07, 6.45) is 0.508. The lowest BCUT2D eigenvalue weighted by Crippen LogP contribution is -2.49. The number of carbonyl (C=O) groups is 1. The highest BCUT2D eigenvalue weighted by molar-refractivity contribution is 6.34. The molecule has 1 amide bonds. The van der Waals surface area contributed by atoms with Gasteiger partial charge in [0.1, 0.15) is 17.5 Å². The summed E-state index contributed by atoms with van der Waals surface area (Å²) >= 11 is 6.23. The van der Waals surface area contributed by atoms with Gasteiger partial charge in [-0.05, 0) is 42.8 Å². The van der Waals surface area contributed by atoms with Crippen molar-refractivity contribution in [1.82, 2.24) is 24.6 Å². The van der Waals surface area contributed by atoms with Crippen LogP contribution >= 0.6 is 11.6 Å². The molecule has 12 heteroatoms. The largest absolute Gasteiger partial charge is 0.352 e. The molecule has 2 aromatic heterocycles. The van der Waals surface area contributed by atoms with Gasteiger partial charge in [0.05, 0.1) is 32.3 Å². The summed E-state index contributed by atoms with van der Waals surface area (Å²) in [4.78, 5) is 37.4. The molecule has 3 heterocycles. The van der Waals surface area contributed by atoms with E-state index in [9.17, 15) is 19.3 Å². The molecule has 212 valence electrons. The van der Waals surface area contributed by atoms with Crippen LogP contribution in [0.3, 0.4) is 0 Å². The van der Waals surface area contributed by atoms with Crippen LogP contribution in [0.2, 0.25) is 5.02 Å². The minimum Gasteiger partial charge on any atom is -0.352 e. The minimum atomic E-state index is -0.548. The number of nitro groups is 1. The molecule has 42 heavy (non-hydrogen) atoms. The Morgan fingerprint density at radius 1 is 1.00 bits per heavy atom. The van der Waals surface area contributed by atoms with Crippen molar-refractivity contribution in [2.75, 3.05) is 31.1 Å². The molecule has 1 fully saturated rings. The first-order chi connectivity index (χ1) is 20.3. The molecule has 10 nitrogen and oxygen atoms in total. The van der Waals surface area contributed by atoms with Crippen LogP contribution in [0.4, 0.5) is 15.9 Å². The Balaban J connectivity index is 1.33. The molecule has 1 aliphatic heterocycles. The molecule has 1 saturated heterocycles. The third-order valence-electron chi connectivity index (χ3n) is 7.27. The van der Waals surface area contributed by atoms with Gasteiger partial charge < -0.3 is 9.80 Å². The minimum absolute atomic E-state index is 0.0449. The first-order valence-corrected chi connectivity index (χ1v) is 13.7. The quantitative estimate of drug-likeness (QED) is 0.194. The van der Waals surface area contributed by atoms with Crippen molar-refractivity contribution in [2.24, 2.45) is 0 Å². The van der Waals surface area contributed by atoms with Crippen molar-refractivity contribution in [3.63, 3.8) is 0 Å². The van der Waals surface area contributed by atoms with Crippen LogP contribution in [-0.2, 0) is 6.42 Å². The Kier molecular flexibility index (Phi) is 7.26. The number of halogens is 2. The molecule has 0 bridgehead atoms. The maximum Gasteiger partial charge on any atom is 0.270 e. The van der Waals surface area contributed by atoms with E-state index in [1.807, 2.05) is 37.3 Å². The van der Waals surface area contributed by atoms with E-state index < -0.39 is 4.92 Å². The van der Waals surface area contributed by atoms with Gasteiger partial charge in [0.15, 0.2) is 5.65 Å². The molecule has 0 N–H and O–H groups in total. The predicted octanol–water partition coefficient (Wildman–Crippen LogP) is 5.38. The molecule has 0 unspecified atom stereocenters. The van der Waals surface area contributed by atoms with Crippen molar-refractivity contribution in [1.29, 1.82) is 0 Å². The second kappa shape index (κ2) is 11.2. The van der Waals surface area contributed by atoms with Gasteiger partial charge in [-0.3, -0.25) is 14.9 Å². The highest BCUT2D eigenvalue weighted by Crippen LogP contribution is 2.31. The summed E-state index contributed by atoms with van der Waals surface area (Å²) in [6, 6.07) is 19.9. The second-order valence-corrected chi connectivity index (χ2v) is 10.4. The lowest BCUT2D eigenvalue weighted by molar-refractivity contribution is -0.384. The number of anilines is 1. The van der Waals surface area contributed by atoms with Crippen molar-refractivity contribution in [3.05, 3.63) is 116 Å². The van der Waals surface area contributed by atoms with E-state index in [-0.39, 0.29) is 28.0 Å². The van der Waals surface area contributed by atoms with Crippen molar-refractivity contribution in [3.8, 4) is 5.69 Å². The smallest absolute Gasteiger partial charge is 0.270 e. The van der Waals surface area contributed by atoms with Gasteiger partial charge in [0.25, 0.3) is 11.6 Å². The Labute approximate surface area is 245 Å². The third-order valence-corrected chi connectivity index (χ3v) is 7.58. The van der Waals surface area contributed by atoms with Crippen LogP contribution in [0.5, 0.6) is 0 Å². The molecule has 0 atom stereocenters. The number of aromatic nitrogens is 4. The van der Waals surface area contributed by atoms with Crippen molar-refractivity contribution in [2.45, 2.75) is 13.3 Å². The summed E-state index contributed by atoms with van der Waals surface area (Å²) in [6.45, 7) is 3.68. The number of hydrogen-bond donors (Lipinski definition) is 0. The summed E-state index contributed by atoms with van der Waals surface area (Å²) in [7, 11) is 0. The SMILES string of the molecule is Cc1nn(-c2ccc(F)cc2)c2nc(Cc3ccccc3)nc(N3CCN(C(=O)c4ccc([N+](=O)[O-])cc4Cl)CC3)c12. The maximum atomic E-state index is 13.7. The first kappa shape index (κ1) is 27.3. The number of nitrogens with zero attached hydrogens (tertiary/aromatic N) is 7. The Hall–Kier alpha value is -4.90. The van der Waals surface area contributed by atoms with Gasteiger partial charge in [0.2, 0.25) is 0 Å². The number of hydrogen-bond acceptors (Lipinski definition) is 7. The average molecular weight is 586 g/mol. The average Bonchev–Trinajstić information content (AvgIpc) is 3.33. The number of fused-ring (bicyclic) bond motifs is 1. The second-order valence-electron chi connectivity index (χ2n) is 10.00. The van der Waals surface area contributed by atoms with Gasteiger partial charge in [-0.15, -0.1) is 0 Å². The van der Waals surface area contributed by atoms with Gasteiger partial charge in [-0.2, -0.15) is 5.10 Å². The highest BCUT2D eigenvalue weighted by Gasteiger charge is 2.28. The van der Waals surface area contributed by atoms with Gasteiger partial charge in [-0.1, -0.05) is 41.9 Å². The first-order valence-electron chi connectivity index (χ1n) is 13.3. The van der Waals surface area contributed by atoms with Gasteiger partial charge in [-0.25, -0.2) is 19.0 Å². The summed E-state index contributed by atoms with van der Waals surface area (Å²) in [5, 5.41) is 16.6. The summed E-state index contributed by atoms with van der Waals surface area (Å²) < 4.78 is 15.4. The fourth-order valence-corrected chi connectivity index (χ4v) is 5.39. The number of amides is 1. The van der Waals surface area contributed by atoms with Gasteiger partial charge in [0, 0.05) is 44.7 Å². The number of piperazine rings is 1. The van der Waals surface area contributed by atoms with Crippen LogP contribution in [-0.4, -0.2) is 61.7 Å². The fraction of sp³-hybridized carbons (Fsp3) is 0.200.